The van der Waals surface area contributed by atoms with Gasteiger partial charge in [-0.25, -0.2) is 4.98 Å². The molecule has 0 saturated carbocycles. The Labute approximate surface area is 198 Å². The van der Waals surface area contributed by atoms with Gasteiger partial charge < -0.3 is 19.7 Å². The lowest BCUT2D eigenvalue weighted by Crippen LogP contribution is -2.31. The van der Waals surface area contributed by atoms with Crippen molar-refractivity contribution in [2.45, 2.75) is 39.7 Å². The van der Waals surface area contributed by atoms with Crippen LogP contribution in [0.4, 0.5) is 5.82 Å². The second-order valence-corrected chi connectivity index (χ2v) is 8.78. The predicted molar refractivity (Wildman–Crippen MR) is 128 cm³/mol. The number of hydrogen-bond acceptors (Lipinski definition) is 6. The number of aryl methyl sites for hydroxylation is 1. The molecule has 2 amide bonds. The van der Waals surface area contributed by atoms with Crippen LogP contribution in [0, 0.1) is 0 Å². The number of nitrogens with zero attached hydrogens (tertiary/aromatic N) is 4. The highest BCUT2D eigenvalue weighted by Crippen LogP contribution is 2.43. The second-order valence-electron chi connectivity index (χ2n) is 8.78. The van der Waals surface area contributed by atoms with E-state index in [2.05, 4.69) is 15.4 Å². The molecule has 178 valence electrons. The number of ether oxygens (including phenoxy) is 2. The predicted octanol–water partition coefficient (Wildman–Crippen LogP) is 4.06. The molecule has 4 rings (SSSR count). The molecule has 3 heterocycles. The van der Waals surface area contributed by atoms with E-state index in [1.165, 1.54) is 6.20 Å². The smallest absolute Gasteiger partial charge is 0.272 e. The Kier molecular flexibility index (Phi) is 6.28. The van der Waals surface area contributed by atoms with Gasteiger partial charge in [0.1, 0.15) is 28.5 Å². The Balaban J connectivity index is 1.61. The molecule has 0 atom stereocenters. The first-order chi connectivity index (χ1) is 16.2. The molecular weight excluding hydrogens is 434 g/mol. The second kappa shape index (κ2) is 9.17. The van der Waals surface area contributed by atoms with Crippen LogP contribution in [-0.4, -0.2) is 50.2 Å². The van der Waals surface area contributed by atoms with E-state index in [1.807, 2.05) is 27.7 Å². The molecule has 0 fully saturated rings. The third-order valence-electron chi connectivity index (χ3n) is 5.61. The van der Waals surface area contributed by atoms with Crippen LogP contribution in [0.15, 0.2) is 42.7 Å². The van der Waals surface area contributed by atoms with Crippen LogP contribution in [0.25, 0.3) is 0 Å². The van der Waals surface area contributed by atoms with E-state index in [0.717, 1.165) is 5.56 Å². The zero-order valence-electron chi connectivity index (χ0n) is 20.1. The van der Waals surface area contributed by atoms with E-state index >= 15 is 0 Å². The summed E-state index contributed by atoms with van der Waals surface area (Å²) in [4.78, 5) is 31.4. The van der Waals surface area contributed by atoms with Gasteiger partial charge in [-0.3, -0.25) is 14.3 Å². The Bertz CT molecular complexity index is 1210. The van der Waals surface area contributed by atoms with E-state index < -0.39 is 5.60 Å². The number of pyridine rings is 1. The summed E-state index contributed by atoms with van der Waals surface area (Å²) in [5.74, 6) is 1.59. The molecule has 0 bridgehead atoms. The van der Waals surface area contributed by atoms with Crippen molar-refractivity contribution in [3.05, 3.63) is 59.5 Å². The van der Waals surface area contributed by atoms with E-state index in [4.69, 9.17) is 9.47 Å². The number of benzene rings is 1. The zero-order valence-corrected chi connectivity index (χ0v) is 20.1. The van der Waals surface area contributed by atoms with Gasteiger partial charge in [-0.1, -0.05) is 0 Å². The summed E-state index contributed by atoms with van der Waals surface area (Å²) in [5.41, 5.74) is 1.20. The summed E-state index contributed by atoms with van der Waals surface area (Å²) in [6, 6.07) is 8.48. The normalized spacial score (nSPS) is 13.7. The third-order valence-corrected chi connectivity index (χ3v) is 5.61. The van der Waals surface area contributed by atoms with Crippen LogP contribution >= 0.6 is 0 Å². The average molecular weight is 464 g/mol. The molecule has 1 aliphatic heterocycles. The van der Waals surface area contributed by atoms with Gasteiger partial charge in [-0.15, -0.1) is 0 Å². The fourth-order valence-corrected chi connectivity index (χ4v) is 3.90. The van der Waals surface area contributed by atoms with Crippen molar-refractivity contribution in [1.82, 2.24) is 19.7 Å². The van der Waals surface area contributed by atoms with Gasteiger partial charge in [0.2, 0.25) is 0 Å². The number of carbonyl (C=O) groups excluding carboxylic acids is 2. The van der Waals surface area contributed by atoms with E-state index in [-0.39, 0.29) is 11.8 Å². The maximum absolute atomic E-state index is 12.9. The minimum Gasteiger partial charge on any atom is -0.487 e. The largest absolute Gasteiger partial charge is 0.487 e. The summed E-state index contributed by atoms with van der Waals surface area (Å²) < 4.78 is 13.8. The number of nitrogens with one attached hydrogen (secondary N) is 1. The standard InChI is InChI=1S/C25H29N5O4/c1-6-30(7-2)24(32)19-9-8-17(15-26-19)33-20-12-16(13-21-18(20)14-25(3,4)34-21)23(31)27-22-10-11-29(5)28-22/h8-13,15H,6-7,14H2,1-5H3,(H,27,28,31). The first kappa shape index (κ1) is 23.3. The Morgan fingerprint density at radius 1 is 1.21 bits per heavy atom. The molecule has 1 N–H and O–H groups in total. The number of rotatable bonds is 7. The van der Waals surface area contributed by atoms with Gasteiger partial charge in [0.25, 0.3) is 11.8 Å². The molecule has 9 nitrogen and oxygen atoms in total. The summed E-state index contributed by atoms with van der Waals surface area (Å²) in [6.45, 7) is 9.06. The van der Waals surface area contributed by atoms with Crippen molar-refractivity contribution in [3.8, 4) is 17.2 Å². The molecule has 3 aromatic rings. The fraction of sp³-hybridized carbons (Fsp3) is 0.360. The van der Waals surface area contributed by atoms with Crippen LogP contribution in [-0.2, 0) is 13.5 Å². The summed E-state index contributed by atoms with van der Waals surface area (Å²) >= 11 is 0. The van der Waals surface area contributed by atoms with Crippen molar-refractivity contribution in [3.63, 3.8) is 0 Å². The molecule has 0 saturated heterocycles. The minimum atomic E-state index is -0.422. The molecular formula is C25H29N5O4. The highest BCUT2D eigenvalue weighted by Gasteiger charge is 2.34. The highest BCUT2D eigenvalue weighted by molar-refractivity contribution is 6.04. The Hall–Kier alpha value is -3.88. The Morgan fingerprint density at radius 3 is 2.59 bits per heavy atom. The van der Waals surface area contributed by atoms with Crippen molar-refractivity contribution in [2.75, 3.05) is 18.4 Å². The first-order valence-corrected chi connectivity index (χ1v) is 11.3. The molecule has 0 unspecified atom stereocenters. The van der Waals surface area contributed by atoms with Crippen LogP contribution in [0.5, 0.6) is 17.2 Å². The van der Waals surface area contributed by atoms with E-state index in [9.17, 15) is 9.59 Å². The van der Waals surface area contributed by atoms with Crippen LogP contribution in [0.3, 0.4) is 0 Å². The van der Waals surface area contributed by atoms with Gasteiger partial charge in [0.05, 0.1) is 6.20 Å². The van der Waals surface area contributed by atoms with Crippen molar-refractivity contribution in [2.24, 2.45) is 7.05 Å². The Morgan fingerprint density at radius 2 is 1.97 bits per heavy atom. The van der Waals surface area contributed by atoms with Crippen molar-refractivity contribution < 1.29 is 19.1 Å². The number of fused-ring (bicyclic) bond motifs is 1. The molecule has 1 aliphatic rings. The van der Waals surface area contributed by atoms with Gasteiger partial charge in [-0.05, 0) is 52.0 Å². The SMILES string of the molecule is CCN(CC)C(=O)c1ccc(Oc2cc(C(=O)Nc3ccn(C)n3)cc3c2CC(C)(C)O3)cn1. The van der Waals surface area contributed by atoms with Gasteiger partial charge in [0.15, 0.2) is 5.82 Å². The maximum atomic E-state index is 12.9. The summed E-state index contributed by atoms with van der Waals surface area (Å²) in [5, 5.41) is 6.98. The lowest BCUT2D eigenvalue weighted by Gasteiger charge is -2.18. The van der Waals surface area contributed by atoms with Crippen LogP contribution < -0.4 is 14.8 Å². The van der Waals surface area contributed by atoms with Crippen molar-refractivity contribution >= 4 is 17.6 Å². The number of hydrogen-bond donors (Lipinski definition) is 1. The molecule has 0 radical (unpaired) electrons. The number of aromatic nitrogens is 3. The highest BCUT2D eigenvalue weighted by atomic mass is 16.5. The number of anilines is 1. The lowest BCUT2D eigenvalue weighted by atomic mass is 9.99. The molecule has 1 aromatic carbocycles. The van der Waals surface area contributed by atoms with Gasteiger partial charge >= 0.3 is 0 Å². The number of amides is 2. The fourth-order valence-electron chi connectivity index (χ4n) is 3.90. The van der Waals surface area contributed by atoms with Crippen LogP contribution in [0.1, 0.15) is 54.1 Å². The van der Waals surface area contributed by atoms with Crippen molar-refractivity contribution in [1.29, 1.82) is 0 Å². The molecule has 0 spiro atoms. The summed E-state index contributed by atoms with van der Waals surface area (Å²) in [6.07, 6.45) is 3.90. The lowest BCUT2D eigenvalue weighted by molar-refractivity contribution is 0.0767. The first-order valence-electron chi connectivity index (χ1n) is 11.3. The molecule has 9 heteroatoms. The van der Waals surface area contributed by atoms with Gasteiger partial charge in [-0.2, -0.15) is 5.10 Å². The quantitative estimate of drug-likeness (QED) is 0.568. The van der Waals surface area contributed by atoms with Crippen LogP contribution in [0.2, 0.25) is 0 Å². The average Bonchev–Trinajstić information content (AvgIpc) is 3.35. The topological polar surface area (TPSA) is 98.6 Å². The van der Waals surface area contributed by atoms with Gasteiger partial charge in [0, 0.05) is 49.9 Å². The number of carbonyl (C=O) groups is 2. The van der Waals surface area contributed by atoms with E-state index in [0.29, 0.717) is 53.8 Å². The zero-order chi connectivity index (χ0) is 24.5. The van der Waals surface area contributed by atoms with E-state index in [1.54, 1.807) is 53.2 Å². The monoisotopic (exact) mass is 463 g/mol. The minimum absolute atomic E-state index is 0.124. The summed E-state index contributed by atoms with van der Waals surface area (Å²) in [7, 11) is 1.78. The molecule has 2 aromatic heterocycles. The molecule has 0 aliphatic carbocycles. The third kappa shape index (κ3) is 4.88. The molecule has 34 heavy (non-hydrogen) atoms. The maximum Gasteiger partial charge on any atom is 0.272 e.